The fourth-order valence-corrected chi connectivity index (χ4v) is 7.19. The SMILES string of the molecule is O=C(O)Oc1cn(C2CC2)c2cc(N3CCN(S(=O)(=O)c4ccc(Cl)s4)CC3)c(F)cc2c1=O. The van der Waals surface area contributed by atoms with Gasteiger partial charge in [0.15, 0.2) is 5.75 Å². The van der Waals surface area contributed by atoms with Crippen molar-refractivity contribution in [1.29, 1.82) is 0 Å². The first kappa shape index (κ1) is 23.1. The first-order valence-electron chi connectivity index (χ1n) is 10.4. The van der Waals surface area contributed by atoms with Crippen LogP contribution in [0, 0.1) is 5.82 Å². The third-order valence-electron chi connectivity index (χ3n) is 5.93. The minimum atomic E-state index is -3.68. The number of anilines is 1. The van der Waals surface area contributed by atoms with Crippen molar-refractivity contribution in [3.63, 3.8) is 0 Å². The second kappa shape index (κ2) is 8.52. The number of halogens is 2. The van der Waals surface area contributed by atoms with E-state index in [0.717, 1.165) is 30.2 Å². The Bertz CT molecular complexity index is 1460. The zero-order valence-electron chi connectivity index (χ0n) is 17.6. The summed E-state index contributed by atoms with van der Waals surface area (Å²) in [6.07, 6.45) is 1.43. The average molecular weight is 528 g/mol. The molecular weight excluding hydrogens is 509 g/mol. The summed E-state index contributed by atoms with van der Waals surface area (Å²) in [6.45, 7) is 0.843. The number of rotatable bonds is 5. The molecule has 5 rings (SSSR count). The zero-order valence-corrected chi connectivity index (χ0v) is 20.0. The van der Waals surface area contributed by atoms with Gasteiger partial charge in [0.05, 0.1) is 27.1 Å². The number of hydrogen-bond donors (Lipinski definition) is 1. The molecule has 2 fully saturated rings. The monoisotopic (exact) mass is 527 g/mol. The first-order valence-corrected chi connectivity index (χ1v) is 13.1. The standard InChI is InChI=1S/C21H19ClFN3O6S2/c22-18-3-4-19(33-18)34(30,31)25-7-5-24(6-8-25)16-10-15-13(9-14(16)23)20(27)17(32-21(28)29)11-26(15)12-1-2-12/h3-4,9-12H,1-2,5-8H2,(H,28,29). The van der Waals surface area contributed by atoms with Crippen LogP contribution in [0.1, 0.15) is 18.9 Å². The lowest BCUT2D eigenvalue weighted by atomic mass is 10.1. The minimum absolute atomic E-state index is 0.0303. The lowest BCUT2D eigenvalue weighted by Crippen LogP contribution is -2.48. The van der Waals surface area contributed by atoms with E-state index in [1.165, 1.54) is 22.6 Å². The second-order valence-corrected chi connectivity index (χ2v) is 12.0. The Morgan fingerprint density at radius 1 is 1.18 bits per heavy atom. The number of hydrogen-bond acceptors (Lipinski definition) is 7. The maximum Gasteiger partial charge on any atom is 0.511 e. The summed E-state index contributed by atoms with van der Waals surface area (Å²) in [4.78, 5) is 25.4. The van der Waals surface area contributed by atoms with Crippen LogP contribution >= 0.6 is 22.9 Å². The zero-order chi connectivity index (χ0) is 24.2. The van der Waals surface area contributed by atoms with E-state index in [0.29, 0.717) is 9.85 Å². The number of carboxylic acid groups (broad SMARTS) is 1. The first-order chi connectivity index (χ1) is 16.1. The maximum absolute atomic E-state index is 15.1. The van der Waals surface area contributed by atoms with Gasteiger partial charge in [0.25, 0.3) is 10.0 Å². The summed E-state index contributed by atoms with van der Waals surface area (Å²) in [5.74, 6) is -1.02. The van der Waals surface area contributed by atoms with Crippen LogP contribution in [-0.4, -0.2) is 54.7 Å². The molecule has 1 aromatic carbocycles. The van der Waals surface area contributed by atoms with Crippen LogP contribution in [0.4, 0.5) is 14.9 Å². The van der Waals surface area contributed by atoms with Crippen LogP contribution < -0.4 is 15.1 Å². The number of carbonyl (C=O) groups is 1. The van der Waals surface area contributed by atoms with Gasteiger partial charge in [0.1, 0.15) is 10.0 Å². The van der Waals surface area contributed by atoms with Crippen LogP contribution in [0.2, 0.25) is 4.34 Å². The van der Waals surface area contributed by atoms with Gasteiger partial charge in [0.2, 0.25) is 5.43 Å². The molecule has 0 amide bonds. The van der Waals surface area contributed by atoms with E-state index in [-0.39, 0.29) is 53.3 Å². The van der Waals surface area contributed by atoms with Gasteiger partial charge < -0.3 is 19.3 Å². The molecule has 0 atom stereocenters. The van der Waals surface area contributed by atoms with Crippen molar-refractivity contribution < 1.29 is 27.4 Å². The fourth-order valence-electron chi connectivity index (χ4n) is 4.13. The topological polar surface area (TPSA) is 109 Å². The van der Waals surface area contributed by atoms with Gasteiger partial charge in [-0.25, -0.2) is 17.6 Å². The highest BCUT2D eigenvalue weighted by Crippen LogP contribution is 2.39. The molecule has 1 saturated heterocycles. The lowest BCUT2D eigenvalue weighted by Gasteiger charge is -2.35. The molecule has 3 heterocycles. The van der Waals surface area contributed by atoms with E-state index in [1.54, 1.807) is 15.5 Å². The third kappa shape index (κ3) is 4.15. The summed E-state index contributed by atoms with van der Waals surface area (Å²) in [5, 5.41) is 8.96. The molecule has 0 unspecified atom stereocenters. The lowest BCUT2D eigenvalue weighted by molar-refractivity contribution is 0.143. The summed E-state index contributed by atoms with van der Waals surface area (Å²) in [5.41, 5.74) is 0.0274. The van der Waals surface area contributed by atoms with Gasteiger partial charge >= 0.3 is 6.16 Å². The molecule has 0 radical (unpaired) electrons. The van der Waals surface area contributed by atoms with Gasteiger partial charge in [-0.05, 0) is 37.1 Å². The molecule has 0 spiro atoms. The number of thiophene rings is 1. The number of sulfonamides is 1. The van der Waals surface area contributed by atoms with Gasteiger partial charge in [-0.3, -0.25) is 4.79 Å². The number of ether oxygens (including phenoxy) is 1. The van der Waals surface area contributed by atoms with Crippen LogP contribution in [0.3, 0.4) is 0 Å². The van der Waals surface area contributed by atoms with E-state index >= 15 is 4.39 Å². The van der Waals surface area contributed by atoms with Gasteiger partial charge in [0, 0.05) is 32.2 Å². The molecule has 34 heavy (non-hydrogen) atoms. The summed E-state index contributed by atoms with van der Waals surface area (Å²) >= 11 is 6.87. The van der Waals surface area contributed by atoms with E-state index < -0.39 is 27.4 Å². The Labute approximate surface area is 202 Å². The van der Waals surface area contributed by atoms with Crippen molar-refractivity contribution >= 4 is 55.7 Å². The molecular formula is C21H19ClFN3O6S2. The molecule has 1 aliphatic heterocycles. The smallest absolute Gasteiger partial charge is 0.449 e. The fraction of sp³-hybridized carbons (Fsp3) is 0.333. The molecule has 1 N–H and O–H groups in total. The largest absolute Gasteiger partial charge is 0.511 e. The molecule has 2 aliphatic rings. The molecule has 3 aromatic rings. The molecule has 180 valence electrons. The number of pyridine rings is 1. The third-order valence-corrected chi connectivity index (χ3v) is 9.52. The Morgan fingerprint density at radius 2 is 1.88 bits per heavy atom. The van der Waals surface area contributed by atoms with Crippen LogP contribution in [0.5, 0.6) is 5.75 Å². The molecule has 2 aromatic heterocycles. The molecule has 1 aliphatic carbocycles. The minimum Gasteiger partial charge on any atom is -0.449 e. The predicted molar refractivity (Wildman–Crippen MR) is 125 cm³/mol. The quantitative estimate of drug-likeness (QED) is 0.503. The predicted octanol–water partition coefficient (Wildman–Crippen LogP) is 3.76. The highest BCUT2D eigenvalue weighted by Gasteiger charge is 2.32. The molecule has 0 bridgehead atoms. The Balaban J connectivity index is 1.46. The van der Waals surface area contributed by atoms with E-state index in [1.807, 2.05) is 0 Å². The number of fused-ring (bicyclic) bond motifs is 1. The molecule has 13 heteroatoms. The number of nitrogens with zero attached hydrogens (tertiary/aromatic N) is 3. The van der Waals surface area contributed by atoms with Gasteiger partial charge in [-0.2, -0.15) is 4.31 Å². The van der Waals surface area contributed by atoms with Crippen molar-refractivity contribution in [1.82, 2.24) is 8.87 Å². The molecule has 9 nitrogen and oxygen atoms in total. The summed E-state index contributed by atoms with van der Waals surface area (Å²) < 4.78 is 49.1. The van der Waals surface area contributed by atoms with E-state index in [4.69, 9.17) is 16.7 Å². The average Bonchev–Trinajstić information content (AvgIpc) is 3.54. The summed E-state index contributed by atoms with van der Waals surface area (Å²) in [7, 11) is -3.68. The Morgan fingerprint density at radius 3 is 2.47 bits per heavy atom. The van der Waals surface area contributed by atoms with Gasteiger partial charge in [-0.1, -0.05) is 11.6 Å². The van der Waals surface area contributed by atoms with E-state index in [2.05, 4.69) is 4.74 Å². The van der Waals surface area contributed by atoms with Crippen molar-refractivity contribution in [3.8, 4) is 5.75 Å². The van der Waals surface area contributed by atoms with Crippen molar-refractivity contribution in [2.45, 2.75) is 23.1 Å². The summed E-state index contributed by atoms with van der Waals surface area (Å²) in [6, 6.07) is 5.73. The van der Waals surface area contributed by atoms with Crippen LogP contribution in [0.25, 0.3) is 10.9 Å². The second-order valence-electron chi connectivity index (χ2n) is 8.10. The highest BCUT2D eigenvalue weighted by molar-refractivity contribution is 7.91. The molecule has 1 saturated carbocycles. The normalized spacial score (nSPS) is 17.3. The Hall–Kier alpha value is -2.67. The number of benzene rings is 1. The van der Waals surface area contributed by atoms with Gasteiger partial charge in [-0.15, -0.1) is 11.3 Å². The van der Waals surface area contributed by atoms with Crippen molar-refractivity contribution in [2.75, 3.05) is 31.1 Å². The highest BCUT2D eigenvalue weighted by atomic mass is 35.5. The van der Waals surface area contributed by atoms with E-state index in [9.17, 15) is 18.0 Å². The van der Waals surface area contributed by atoms with Crippen LogP contribution in [-0.2, 0) is 10.0 Å². The maximum atomic E-state index is 15.1. The Kier molecular flexibility index (Phi) is 5.79. The van der Waals surface area contributed by atoms with Crippen molar-refractivity contribution in [2.24, 2.45) is 0 Å². The van der Waals surface area contributed by atoms with Crippen molar-refractivity contribution in [3.05, 3.63) is 50.8 Å². The number of aromatic nitrogens is 1. The number of piperazine rings is 1. The van der Waals surface area contributed by atoms with Crippen LogP contribution in [0.15, 0.2) is 39.5 Å².